The van der Waals surface area contributed by atoms with Crippen molar-refractivity contribution in [2.75, 3.05) is 7.11 Å². The number of ketones is 2. The Labute approximate surface area is 142 Å². The van der Waals surface area contributed by atoms with Gasteiger partial charge in [-0.05, 0) is 49.7 Å². The summed E-state index contributed by atoms with van der Waals surface area (Å²) in [4.78, 5) is 36.9. The van der Waals surface area contributed by atoms with E-state index in [0.29, 0.717) is 17.5 Å². The van der Waals surface area contributed by atoms with Crippen molar-refractivity contribution in [3.05, 3.63) is 34.9 Å². The number of hydrogen-bond acceptors (Lipinski definition) is 4. The maximum absolute atomic E-state index is 12.8. The summed E-state index contributed by atoms with van der Waals surface area (Å²) >= 11 is 0. The Hall–Kier alpha value is -1.97. The number of ether oxygens (including phenoxy) is 1. The van der Waals surface area contributed by atoms with Crippen LogP contribution in [0.2, 0.25) is 0 Å². The molecule has 0 spiro atoms. The monoisotopic (exact) mass is 328 g/mol. The van der Waals surface area contributed by atoms with E-state index in [1.165, 1.54) is 14.0 Å². The first-order valence-corrected chi connectivity index (χ1v) is 8.51. The fourth-order valence-corrected chi connectivity index (χ4v) is 4.91. The first kappa shape index (κ1) is 16.9. The Morgan fingerprint density at radius 2 is 1.92 bits per heavy atom. The molecule has 2 aliphatic carbocycles. The minimum Gasteiger partial charge on any atom is -0.469 e. The van der Waals surface area contributed by atoms with E-state index in [0.717, 1.165) is 24.8 Å². The lowest BCUT2D eigenvalue weighted by Gasteiger charge is -2.53. The van der Waals surface area contributed by atoms with Crippen LogP contribution in [-0.4, -0.2) is 24.6 Å². The number of carbonyl (C=O) groups excluding carboxylic acids is 3. The topological polar surface area (TPSA) is 60.4 Å². The Balaban J connectivity index is 2.15. The zero-order chi connectivity index (χ0) is 17.7. The number of carbonyl (C=O) groups is 3. The van der Waals surface area contributed by atoms with Gasteiger partial charge in [-0.15, -0.1) is 0 Å². The molecule has 0 radical (unpaired) electrons. The van der Waals surface area contributed by atoms with Crippen molar-refractivity contribution in [2.45, 2.75) is 51.9 Å². The van der Waals surface area contributed by atoms with Gasteiger partial charge >= 0.3 is 5.97 Å². The van der Waals surface area contributed by atoms with Crippen molar-refractivity contribution in [3.8, 4) is 0 Å². The van der Waals surface area contributed by atoms with Gasteiger partial charge in [-0.3, -0.25) is 14.4 Å². The molecule has 24 heavy (non-hydrogen) atoms. The predicted molar refractivity (Wildman–Crippen MR) is 90.2 cm³/mol. The van der Waals surface area contributed by atoms with Crippen molar-refractivity contribution in [1.29, 1.82) is 0 Å². The van der Waals surface area contributed by atoms with Crippen LogP contribution in [0, 0.1) is 11.3 Å². The summed E-state index contributed by atoms with van der Waals surface area (Å²) in [5.41, 5.74) is 1.29. The molecule has 1 aromatic carbocycles. The molecule has 0 amide bonds. The van der Waals surface area contributed by atoms with Crippen LogP contribution in [0.25, 0.3) is 0 Å². The van der Waals surface area contributed by atoms with Crippen molar-refractivity contribution in [1.82, 2.24) is 0 Å². The molecule has 0 heterocycles. The highest BCUT2D eigenvalue weighted by atomic mass is 16.5. The molecule has 2 aliphatic rings. The fourth-order valence-electron chi connectivity index (χ4n) is 4.91. The number of hydrogen-bond donors (Lipinski definition) is 0. The average molecular weight is 328 g/mol. The molecule has 0 saturated heterocycles. The third-order valence-corrected chi connectivity index (χ3v) is 6.31. The van der Waals surface area contributed by atoms with Gasteiger partial charge in [0, 0.05) is 17.5 Å². The average Bonchev–Trinajstić information content (AvgIpc) is 2.56. The molecule has 128 valence electrons. The highest BCUT2D eigenvalue weighted by Gasteiger charge is 2.57. The first-order chi connectivity index (χ1) is 11.2. The molecule has 1 aromatic rings. The molecule has 1 fully saturated rings. The zero-order valence-electron chi connectivity index (χ0n) is 14.8. The van der Waals surface area contributed by atoms with E-state index in [9.17, 15) is 14.4 Å². The van der Waals surface area contributed by atoms with Gasteiger partial charge in [0.1, 0.15) is 0 Å². The highest BCUT2D eigenvalue weighted by molar-refractivity contribution is 6.03. The molecule has 0 aromatic heterocycles. The molecule has 4 nitrogen and oxygen atoms in total. The van der Waals surface area contributed by atoms with Gasteiger partial charge < -0.3 is 4.74 Å². The standard InChI is InChI=1S/C20H24O4/c1-12(21)13-6-7-15-14(10-13)16(22)11-17-19(15,2)8-5-9-20(17,3)18(23)24-4/h6-7,10,17H,5,8-9,11H2,1-4H3. The van der Waals surface area contributed by atoms with Gasteiger partial charge in [-0.25, -0.2) is 0 Å². The number of benzene rings is 1. The summed E-state index contributed by atoms with van der Waals surface area (Å²) in [6.45, 7) is 5.59. The number of fused-ring (bicyclic) bond motifs is 3. The summed E-state index contributed by atoms with van der Waals surface area (Å²) < 4.78 is 5.07. The van der Waals surface area contributed by atoms with Crippen molar-refractivity contribution in [2.24, 2.45) is 11.3 Å². The second-order valence-corrected chi connectivity index (χ2v) is 7.68. The normalized spacial score (nSPS) is 31.8. The molecule has 0 N–H and O–H groups in total. The van der Waals surface area contributed by atoms with E-state index < -0.39 is 5.41 Å². The van der Waals surface area contributed by atoms with Crippen LogP contribution in [0.5, 0.6) is 0 Å². The summed E-state index contributed by atoms with van der Waals surface area (Å²) in [5, 5.41) is 0. The second kappa shape index (κ2) is 5.54. The summed E-state index contributed by atoms with van der Waals surface area (Å²) in [6, 6.07) is 5.44. The SMILES string of the molecule is COC(=O)C1(C)CCCC2(C)c3ccc(C(C)=O)cc3C(=O)CC12. The number of rotatable bonds is 2. The van der Waals surface area contributed by atoms with E-state index in [1.807, 2.05) is 13.0 Å². The Bertz CT molecular complexity index is 735. The third kappa shape index (κ3) is 2.23. The molecule has 3 unspecified atom stereocenters. The minimum atomic E-state index is -0.644. The fraction of sp³-hybridized carbons (Fsp3) is 0.550. The molecule has 3 atom stereocenters. The molecule has 1 saturated carbocycles. The van der Waals surface area contributed by atoms with Crippen molar-refractivity contribution < 1.29 is 19.1 Å². The number of Topliss-reactive ketones (excluding diaryl/α,β-unsaturated/α-hetero) is 2. The van der Waals surface area contributed by atoms with Gasteiger partial charge in [-0.2, -0.15) is 0 Å². The highest BCUT2D eigenvalue weighted by Crippen LogP contribution is 2.57. The van der Waals surface area contributed by atoms with Crippen LogP contribution >= 0.6 is 0 Å². The van der Waals surface area contributed by atoms with Crippen LogP contribution in [0.4, 0.5) is 0 Å². The van der Waals surface area contributed by atoms with Crippen LogP contribution < -0.4 is 0 Å². The van der Waals surface area contributed by atoms with E-state index in [2.05, 4.69) is 6.92 Å². The van der Waals surface area contributed by atoms with E-state index in [4.69, 9.17) is 4.74 Å². The van der Waals surface area contributed by atoms with Crippen LogP contribution in [0.15, 0.2) is 18.2 Å². The van der Waals surface area contributed by atoms with Gasteiger partial charge in [0.05, 0.1) is 12.5 Å². The quantitative estimate of drug-likeness (QED) is 0.613. The second-order valence-electron chi connectivity index (χ2n) is 7.68. The largest absolute Gasteiger partial charge is 0.469 e. The van der Waals surface area contributed by atoms with Gasteiger partial charge in [0.15, 0.2) is 11.6 Å². The Morgan fingerprint density at radius 3 is 2.54 bits per heavy atom. The molecule has 3 rings (SSSR count). The molecule has 0 aliphatic heterocycles. The van der Waals surface area contributed by atoms with Gasteiger partial charge in [0.2, 0.25) is 0 Å². The van der Waals surface area contributed by atoms with Crippen LogP contribution in [0.1, 0.15) is 72.7 Å². The maximum atomic E-state index is 12.8. The Kier molecular flexibility index (Phi) is 3.89. The lowest BCUT2D eigenvalue weighted by molar-refractivity contribution is -0.160. The number of methoxy groups -OCH3 is 1. The molecule has 4 heteroatoms. The molecular formula is C20H24O4. The predicted octanol–water partition coefficient (Wildman–Crippen LogP) is 3.71. The summed E-state index contributed by atoms with van der Waals surface area (Å²) in [7, 11) is 1.41. The third-order valence-electron chi connectivity index (χ3n) is 6.31. The molecular weight excluding hydrogens is 304 g/mol. The van der Waals surface area contributed by atoms with Crippen molar-refractivity contribution in [3.63, 3.8) is 0 Å². The smallest absolute Gasteiger partial charge is 0.311 e. The first-order valence-electron chi connectivity index (χ1n) is 8.51. The van der Waals surface area contributed by atoms with Crippen molar-refractivity contribution >= 4 is 17.5 Å². The number of esters is 1. The lowest BCUT2D eigenvalue weighted by atomic mass is 9.49. The minimum absolute atomic E-state index is 0.0209. The van der Waals surface area contributed by atoms with Gasteiger partial charge in [0.25, 0.3) is 0 Å². The molecule has 0 bridgehead atoms. The van der Waals surface area contributed by atoms with Crippen LogP contribution in [-0.2, 0) is 14.9 Å². The zero-order valence-corrected chi connectivity index (χ0v) is 14.8. The lowest BCUT2D eigenvalue weighted by Crippen LogP contribution is -2.53. The van der Waals surface area contributed by atoms with E-state index in [-0.39, 0.29) is 28.9 Å². The Morgan fingerprint density at radius 1 is 1.21 bits per heavy atom. The maximum Gasteiger partial charge on any atom is 0.311 e. The van der Waals surface area contributed by atoms with Crippen LogP contribution in [0.3, 0.4) is 0 Å². The van der Waals surface area contributed by atoms with E-state index in [1.54, 1.807) is 12.1 Å². The summed E-state index contributed by atoms with van der Waals surface area (Å²) in [6.07, 6.45) is 2.93. The van der Waals surface area contributed by atoms with E-state index >= 15 is 0 Å². The summed E-state index contributed by atoms with van der Waals surface area (Å²) in [5.74, 6) is -0.321. The van der Waals surface area contributed by atoms with Gasteiger partial charge in [-0.1, -0.05) is 25.5 Å².